The Morgan fingerprint density at radius 1 is 1.07 bits per heavy atom. The Morgan fingerprint density at radius 2 is 1.83 bits per heavy atom. The Kier molecular flexibility index (Phi) is 5.46. The molecule has 1 aliphatic rings. The van der Waals surface area contributed by atoms with E-state index in [1.807, 2.05) is 23.1 Å². The lowest BCUT2D eigenvalue weighted by atomic mass is 10.3. The first kappa shape index (κ1) is 18.6. The van der Waals surface area contributed by atoms with Crippen LogP contribution in [0.25, 0.3) is 17.2 Å². The third-order valence-corrected chi connectivity index (χ3v) is 4.48. The van der Waals surface area contributed by atoms with Crippen molar-refractivity contribution in [3.05, 3.63) is 54.7 Å². The molecule has 3 heterocycles. The van der Waals surface area contributed by atoms with Gasteiger partial charge < -0.3 is 19.0 Å². The molecule has 0 saturated carbocycles. The zero-order valence-electron chi connectivity index (χ0n) is 15.6. The quantitative estimate of drug-likeness (QED) is 0.475. The number of benzene rings is 1. The molecule has 3 aromatic rings. The number of carbonyl (C=O) groups excluding carboxylic acids is 2. The van der Waals surface area contributed by atoms with E-state index in [1.165, 1.54) is 12.2 Å². The summed E-state index contributed by atoms with van der Waals surface area (Å²) in [5, 5.41) is 0. The van der Waals surface area contributed by atoms with Crippen molar-refractivity contribution in [2.24, 2.45) is 0 Å². The number of aromatic nitrogens is 3. The lowest BCUT2D eigenvalue weighted by Gasteiger charge is -2.34. The highest BCUT2D eigenvalue weighted by molar-refractivity contribution is 5.89. The number of nitrogens with zero attached hydrogens (tertiary/aromatic N) is 5. The highest BCUT2D eigenvalue weighted by Crippen LogP contribution is 2.15. The van der Waals surface area contributed by atoms with Gasteiger partial charge in [0.05, 0.1) is 0 Å². The van der Waals surface area contributed by atoms with Gasteiger partial charge in [0.2, 0.25) is 11.8 Å². The van der Waals surface area contributed by atoms with Crippen LogP contribution in [0.4, 0.5) is 5.95 Å². The predicted octanol–water partition coefficient (Wildman–Crippen LogP) is 1.52. The van der Waals surface area contributed by atoms with Gasteiger partial charge in [-0.1, -0.05) is 12.1 Å². The lowest BCUT2D eigenvalue weighted by Crippen LogP contribution is -2.50. The number of piperazine rings is 1. The number of rotatable bonds is 5. The number of anilines is 1. The monoisotopic (exact) mass is 393 g/mol. The van der Waals surface area contributed by atoms with Crippen LogP contribution in [0.5, 0.6) is 0 Å². The number of ether oxygens (including phenoxy) is 1. The molecule has 1 fully saturated rings. The summed E-state index contributed by atoms with van der Waals surface area (Å²) in [6.45, 7) is 1.99. The summed E-state index contributed by atoms with van der Waals surface area (Å²) in [4.78, 5) is 40.5. The fraction of sp³-hybridized carbons (Fsp3) is 0.250. The molecule has 0 unspecified atom stereocenters. The average molecular weight is 393 g/mol. The van der Waals surface area contributed by atoms with Crippen LogP contribution in [-0.4, -0.2) is 64.5 Å². The van der Waals surface area contributed by atoms with Crippen molar-refractivity contribution in [3.8, 4) is 0 Å². The van der Waals surface area contributed by atoms with E-state index in [4.69, 9.17) is 9.15 Å². The topological polar surface area (TPSA) is 102 Å². The van der Waals surface area contributed by atoms with Crippen LogP contribution < -0.4 is 4.90 Å². The van der Waals surface area contributed by atoms with Gasteiger partial charge >= 0.3 is 5.97 Å². The molecule has 9 nitrogen and oxygen atoms in total. The summed E-state index contributed by atoms with van der Waals surface area (Å²) in [5.41, 5.74) is 1.34. The normalized spacial score (nSPS) is 14.5. The van der Waals surface area contributed by atoms with E-state index in [1.54, 1.807) is 29.4 Å². The summed E-state index contributed by atoms with van der Waals surface area (Å²) in [6, 6.07) is 9.06. The Bertz CT molecular complexity index is 993. The van der Waals surface area contributed by atoms with Crippen molar-refractivity contribution < 1.29 is 18.7 Å². The SMILES string of the molecule is O=C(/C=C/c1nc2ccccc2o1)OCC(=O)N1CCN(c2ncccn2)CC1. The first-order valence-electron chi connectivity index (χ1n) is 9.19. The molecule has 1 saturated heterocycles. The highest BCUT2D eigenvalue weighted by Gasteiger charge is 2.23. The molecule has 4 rings (SSSR count). The Hall–Kier alpha value is -3.75. The molecule has 9 heteroatoms. The van der Waals surface area contributed by atoms with Gasteiger partial charge in [0.15, 0.2) is 12.2 Å². The minimum absolute atomic E-state index is 0.234. The molecule has 0 radical (unpaired) electrons. The Labute approximate surface area is 166 Å². The van der Waals surface area contributed by atoms with Crippen LogP contribution in [0.2, 0.25) is 0 Å². The van der Waals surface area contributed by atoms with Crippen molar-refractivity contribution in [2.45, 2.75) is 0 Å². The van der Waals surface area contributed by atoms with Crippen molar-refractivity contribution in [3.63, 3.8) is 0 Å². The number of fused-ring (bicyclic) bond motifs is 1. The number of esters is 1. The fourth-order valence-corrected chi connectivity index (χ4v) is 2.98. The largest absolute Gasteiger partial charge is 0.452 e. The molecule has 1 amide bonds. The van der Waals surface area contributed by atoms with Crippen LogP contribution in [0.15, 0.2) is 53.2 Å². The predicted molar refractivity (Wildman–Crippen MR) is 105 cm³/mol. The van der Waals surface area contributed by atoms with Gasteiger partial charge in [-0.2, -0.15) is 0 Å². The maximum absolute atomic E-state index is 12.3. The van der Waals surface area contributed by atoms with E-state index < -0.39 is 5.97 Å². The van der Waals surface area contributed by atoms with Crippen LogP contribution in [0.1, 0.15) is 5.89 Å². The first-order valence-corrected chi connectivity index (χ1v) is 9.19. The maximum atomic E-state index is 12.3. The molecule has 1 aliphatic heterocycles. The second-order valence-corrected chi connectivity index (χ2v) is 6.38. The van der Waals surface area contributed by atoms with Gasteiger partial charge in [-0.25, -0.2) is 19.7 Å². The van der Waals surface area contributed by atoms with Crippen molar-refractivity contribution >= 4 is 35.0 Å². The van der Waals surface area contributed by atoms with Gasteiger partial charge in [-0.15, -0.1) is 0 Å². The van der Waals surface area contributed by atoms with Crippen molar-refractivity contribution in [1.82, 2.24) is 19.9 Å². The number of carbonyl (C=O) groups is 2. The molecule has 0 spiro atoms. The molecular weight excluding hydrogens is 374 g/mol. The smallest absolute Gasteiger partial charge is 0.331 e. The average Bonchev–Trinajstić information content (AvgIpc) is 3.20. The minimum Gasteiger partial charge on any atom is -0.452 e. The van der Waals surface area contributed by atoms with Crippen LogP contribution in [0.3, 0.4) is 0 Å². The van der Waals surface area contributed by atoms with E-state index in [2.05, 4.69) is 15.0 Å². The van der Waals surface area contributed by atoms with E-state index >= 15 is 0 Å². The second-order valence-electron chi connectivity index (χ2n) is 6.38. The molecule has 1 aromatic carbocycles. The van der Waals surface area contributed by atoms with Crippen molar-refractivity contribution in [1.29, 1.82) is 0 Å². The third-order valence-electron chi connectivity index (χ3n) is 4.48. The summed E-state index contributed by atoms with van der Waals surface area (Å²) < 4.78 is 10.5. The number of para-hydroxylation sites is 2. The third kappa shape index (κ3) is 4.57. The van der Waals surface area contributed by atoms with E-state index in [0.717, 1.165) is 0 Å². The van der Waals surface area contributed by atoms with Crippen LogP contribution in [-0.2, 0) is 14.3 Å². The molecule has 0 bridgehead atoms. The summed E-state index contributed by atoms with van der Waals surface area (Å²) in [6.07, 6.45) is 6.00. The van der Waals surface area contributed by atoms with Gasteiger partial charge in [0.25, 0.3) is 5.91 Å². The standard InChI is InChI=1S/C20H19N5O4/c26-18(24-10-12-25(13-11-24)20-21-8-3-9-22-20)14-28-19(27)7-6-17-23-15-4-1-2-5-16(15)29-17/h1-9H,10-14H2/b7-6+. The molecule has 0 N–H and O–H groups in total. The zero-order valence-corrected chi connectivity index (χ0v) is 15.6. The molecule has 2 aromatic heterocycles. The molecular formula is C20H19N5O4. The van der Waals surface area contributed by atoms with E-state index in [0.29, 0.717) is 49.1 Å². The minimum atomic E-state index is -0.628. The zero-order chi connectivity index (χ0) is 20.1. The number of hydrogen-bond acceptors (Lipinski definition) is 8. The summed E-state index contributed by atoms with van der Waals surface area (Å²) in [7, 11) is 0. The van der Waals surface area contributed by atoms with Crippen LogP contribution >= 0.6 is 0 Å². The maximum Gasteiger partial charge on any atom is 0.331 e. The Balaban J connectivity index is 1.23. The molecule has 148 valence electrons. The summed E-state index contributed by atoms with van der Waals surface area (Å²) >= 11 is 0. The first-order chi connectivity index (χ1) is 14.2. The van der Waals surface area contributed by atoms with Gasteiger partial charge in [-0.05, 0) is 18.2 Å². The second kappa shape index (κ2) is 8.51. The van der Waals surface area contributed by atoms with Crippen molar-refractivity contribution in [2.75, 3.05) is 37.7 Å². The fourth-order valence-electron chi connectivity index (χ4n) is 2.98. The number of hydrogen-bond donors (Lipinski definition) is 0. The van der Waals surface area contributed by atoms with Crippen LogP contribution in [0, 0.1) is 0 Å². The number of oxazole rings is 1. The van der Waals surface area contributed by atoms with E-state index in [-0.39, 0.29) is 12.5 Å². The molecule has 0 aliphatic carbocycles. The van der Waals surface area contributed by atoms with E-state index in [9.17, 15) is 9.59 Å². The Morgan fingerprint density at radius 3 is 2.59 bits per heavy atom. The number of amides is 1. The molecule has 29 heavy (non-hydrogen) atoms. The molecule has 0 atom stereocenters. The highest BCUT2D eigenvalue weighted by atomic mass is 16.5. The van der Waals surface area contributed by atoms with Gasteiger partial charge in [-0.3, -0.25) is 4.79 Å². The van der Waals surface area contributed by atoms with Gasteiger partial charge in [0.1, 0.15) is 5.52 Å². The summed E-state index contributed by atoms with van der Waals surface area (Å²) in [5.74, 6) is 0.0864. The van der Waals surface area contributed by atoms with Gasteiger partial charge in [0, 0.05) is 50.7 Å². The lowest BCUT2D eigenvalue weighted by molar-refractivity contribution is -0.148.